The fraction of sp³-hybridized carbons (Fsp3) is 0.118. The Bertz CT molecular complexity index is 884. The Morgan fingerprint density at radius 3 is 2.33 bits per heavy atom. The minimum atomic E-state index is -1.31. The zero-order valence-corrected chi connectivity index (χ0v) is 12.7. The largest absolute Gasteiger partial charge is 0.476 e. The van der Waals surface area contributed by atoms with E-state index in [-0.39, 0.29) is 23.5 Å². The molecule has 0 aliphatic heterocycles. The van der Waals surface area contributed by atoms with E-state index < -0.39 is 17.6 Å². The van der Waals surface area contributed by atoms with E-state index in [0.717, 1.165) is 29.3 Å². The van der Waals surface area contributed by atoms with E-state index in [1.807, 2.05) is 31.2 Å². The second kappa shape index (κ2) is 6.19. The third kappa shape index (κ3) is 3.15. The number of carbonyl (C=O) groups is 1. The summed E-state index contributed by atoms with van der Waals surface area (Å²) >= 11 is 0. The molecule has 1 heterocycles. The number of nitrogens with zero attached hydrogens (tertiary/aromatic N) is 3. The maximum absolute atomic E-state index is 13.5. The molecule has 0 saturated carbocycles. The Labute approximate surface area is 136 Å². The van der Waals surface area contributed by atoms with Gasteiger partial charge in [0.25, 0.3) is 0 Å². The highest BCUT2D eigenvalue weighted by Gasteiger charge is 2.21. The number of carboxylic acid groups (broad SMARTS) is 1. The van der Waals surface area contributed by atoms with Crippen LogP contribution in [-0.4, -0.2) is 26.1 Å². The summed E-state index contributed by atoms with van der Waals surface area (Å²) in [7, 11) is 0. The van der Waals surface area contributed by atoms with E-state index in [1.165, 1.54) is 4.68 Å². The van der Waals surface area contributed by atoms with Gasteiger partial charge in [0, 0.05) is 11.6 Å². The molecule has 0 bridgehead atoms. The van der Waals surface area contributed by atoms with E-state index in [0.29, 0.717) is 0 Å². The molecule has 0 fully saturated rings. The summed E-state index contributed by atoms with van der Waals surface area (Å²) in [5.74, 6) is -2.92. The number of aromatic nitrogens is 3. The van der Waals surface area contributed by atoms with E-state index in [4.69, 9.17) is 0 Å². The van der Waals surface area contributed by atoms with Crippen molar-refractivity contribution in [3.05, 3.63) is 70.9 Å². The molecule has 7 heteroatoms. The van der Waals surface area contributed by atoms with Crippen molar-refractivity contribution in [3.63, 3.8) is 0 Å². The topological polar surface area (TPSA) is 68.0 Å². The van der Waals surface area contributed by atoms with Crippen LogP contribution in [0.1, 0.15) is 21.6 Å². The molecule has 0 unspecified atom stereocenters. The monoisotopic (exact) mass is 329 g/mol. The van der Waals surface area contributed by atoms with Gasteiger partial charge in [-0.1, -0.05) is 35.0 Å². The lowest BCUT2D eigenvalue weighted by Crippen LogP contribution is -2.06. The summed E-state index contributed by atoms with van der Waals surface area (Å²) in [5, 5.41) is 16.7. The zero-order valence-electron chi connectivity index (χ0n) is 12.7. The lowest BCUT2D eigenvalue weighted by molar-refractivity contribution is 0.0691. The number of aryl methyl sites for hydroxylation is 1. The summed E-state index contributed by atoms with van der Waals surface area (Å²) in [6, 6.07) is 10.4. The van der Waals surface area contributed by atoms with Crippen molar-refractivity contribution in [1.82, 2.24) is 15.0 Å². The van der Waals surface area contributed by atoms with Gasteiger partial charge in [-0.05, 0) is 24.6 Å². The number of carboxylic acids is 1. The van der Waals surface area contributed by atoms with Gasteiger partial charge >= 0.3 is 5.97 Å². The predicted molar refractivity (Wildman–Crippen MR) is 82.6 cm³/mol. The molecule has 0 atom stereocenters. The number of aromatic carboxylic acids is 1. The maximum Gasteiger partial charge on any atom is 0.358 e. The number of hydrogen-bond acceptors (Lipinski definition) is 3. The van der Waals surface area contributed by atoms with Gasteiger partial charge in [-0.25, -0.2) is 18.3 Å². The van der Waals surface area contributed by atoms with Crippen LogP contribution in [-0.2, 0) is 6.54 Å². The second-order valence-electron chi connectivity index (χ2n) is 5.39. The molecule has 3 aromatic rings. The van der Waals surface area contributed by atoms with Gasteiger partial charge in [-0.2, -0.15) is 0 Å². The standard InChI is InChI=1S/C17H13F2N3O2/c1-10-2-4-11(5-3-10)9-22-16(15(17(23)24)20-21-22)12-6-13(18)8-14(19)7-12/h2-8H,9H2,1H3,(H,23,24). The van der Waals surface area contributed by atoms with Crippen LogP contribution in [0.5, 0.6) is 0 Å². The second-order valence-corrected chi connectivity index (χ2v) is 5.39. The average molecular weight is 329 g/mol. The van der Waals surface area contributed by atoms with Crippen LogP contribution in [0.2, 0.25) is 0 Å². The first-order valence-electron chi connectivity index (χ1n) is 7.13. The molecular weight excluding hydrogens is 316 g/mol. The number of halogens is 2. The van der Waals surface area contributed by atoms with Crippen LogP contribution in [0.4, 0.5) is 8.78 Å². The molecule has 0 radical (unpaired) electrons. The van der Waals surface area contributed by atoms with Crippen LogP contribution in [0, 0.1) is 18.6 Å². The molecule has 0 aliphatic rings. The molecule has 122 valence electrons. The quantitative estimate of drug-likeness (QED) is 0.797. The molecule has 1 N–H and O–H groups in total. The minimum absolute atomic E-state index is 0.0569. The minimum Gasteiger partial charge on any atom is -0.476 e. The summed E-state index contributed by atoms with van der Waals surface area (Å²) in [6.45, 7) is 2.18. The Hall–Kier alpha value is -3.09. The lowest BCUT2D eigenvalue weighted by Gasteiger charge is -2.08. The molecular formula is C17H13F2N3O2. The fourth-order valence-corrected chi connectivity index (χ4v) is 2.41. The normalized spacial score (nSPS) is 10.8. The van der Waals surface area contributed by atoms with Crippen molar-refractivity contribution in [2.24, 2.45) is 0 Å². The highest BCUT2D eigenvalue weighted by molar-refractivity contribution is 5.92. The predicted octanol–water partition coefficient (Wildman–Crippen LogP) is 3.28. The summed E-state index contributed by atoms with van der Waals surface area (Å²) in [5.41, 5.74) is 1.71. The van der Waals surface area contributed by atoms with Crippen molar-refractivity contribution in [2.75, 3.05) is 0 Å². The van der Waals surface area contributed by atoms with Gasteiger partial charge in [0.05, 0.1) is 6.54 Å². The first-order valence-corrected chi connectivity index (χ1v) is 7.13. The number of hydrogen-bond donors (Lipinski definition) is 1. The van der Waals surface area contributed by atoms with Crippen molar-refractivity contribution in [1.29, 1.82) is 0 Å². The summed E-state index contributed by atoms with van der Waals surface area (Å²) in [6.07, 6.45) is 0. The van der Waals surface area contributed by atoms with Crippen LogP contribution in [0.25, 0.3) is 11.3 Å². The van der Waals surface area contributed by atoms with Gasteiger partial charge in [0.15, 0.2) is 5.69 Å². The fourth-order valence-electron chi connectivity index (χ4n) is 2.41. The maximum atomic E-state index is 13.5. The van der Waals surface area contributed by atoms with Gasteiger partial charge in [-0.15, -0.1) is 5.10 Å². The third-order valence-electron chi connectivity index (χ3n) is 3.53. The van der Waals surface area contributed by atoms with Gasteiger partial charge in [0.2, 0.25) is 0 Å². The van der Waals surface area contributed by atoms with Gasteiger partial charge < -0.3 is 5.11 Å². The number of benzene rings is 2. The van der Waals surface area contributed by atoms with E-state index >= 15 is 0 Å². The van der Waals surface area contributed by atoms with E-state index in [9.17, 15) is 18.7 Å². The Balaban J connectivity index is 2.10. The lowest BCUT2D eigenvalue weighted by atomic mass is 10.1. The molecule has 24 heavy (non-hydrogen) atoms. The van der Waals surface area contributed by atoms with Crippen molar-refractivity contribution < 1.29 is 18.7 Å². The van der Waals surface area contributed by atoms with E-state index in [1.54, 1.807) is 0 Å². The molecule has 2 aromatic carbocycles. The van der Waals surface area contributed by atoms with Crippen molar-refractivity contribution in [2.45, 2.75) is 13.5 Å². The zero-order chi connectivity index (χ0) is 17.3. The van der Waals surface area contributed by atoms with Crippen LogP contribution >= 0.6 is 0 Å². The summed E-state index contributed by atoms with van der Waals surface area (Å²) in [4.78, 5) is 11.4. The van der Waals surface area contributed by atoms with Gasteiger partial charge in [0.1, 0.15) is 17.3 Å². The molecule has 0 amide bonds. The number of rotatable bonds is 4. The first-order chi connectivity index (χ1) is 11.4. The van der Waals surface area contributed by atoms with Crippen molar-refractivity contribution in [3.8, 4) is 11.3 Å². The van der Waals surface area contributed by atoms with Crippen LogP contribution < -0.4 is 0 Å². The van der Waals surface area contributed by atoms with Crippen LogP contribution in [0.15, 0.2) is 42.5 Å². The molecule has 0 aliphatic carbocycles. The molecule has 5 nitrogen and oxygen atoms in total. The molecule has 1 aromatic heterocycles. The smallest absolute Gasteiger partial charge is 0.358 e. The molecule has 0 spiro atoms. The van der Waals surface area contributed by atoms with Crippen LogP contribution in [0.3, 0.4) is 0 Å². The highest BCUT2D eigenvalue weighted by Crippen LogP contribution is 2.25. The first kappa shape index (κ1) is 15.8. The molecule has 0 saturated heterocycles. The average Bonchev–Trinajstić information content (AvgIpc) is 2.92. The highest BCUT2D eigenvalue weighted by atomic mass is 19.1. The molecule has 3 rings (SSSR count). The SMILES string of the molecule is Cc1ccc(Cn2nnc(C(=O)O)c2-c2cc(F)cc(F)c2)cc1. The Kier molecular flexibility index (Phi) is 4.07. The Morgan fingerprint density at radius 1 is 1.12 bits per heavy atom. The Morgan fingerprint density at radius 2 is 1.75 bits per heavy atom. The van der Waals surface area contributed by atoms with Crippen molar-refractivity contribution >= 4 is 5.97 Å². The van der Waals surface area contributed by atoms with E-state index in [2.05, 4.69) is 10.3 Å². The van der Waals surface area contributed by atoms with Gasteiger partial charge in [-0.3, -0.25) is 0 Å². The summed E-state index contributed by atoms with van der Waals surface area (Å²) < 4.78 is 28.4. The third-order valence-corrected chi connectivity index (χ3v) is 3.53.